The Balaban J connectivity index is 1.20. The van der Waals surface area contributed by atoms with Crippen molar-refractivity contribution in [3.8, 4) is 22.3 Å². The third kappa shape index (κ3) is 7.04. The second-order valence-electron chi connectivity index (χ2n) is 18.6. The van der Waals surface area contributed by atoms with Gasteiger partial charge in [-0.3, -0.25) is 14.1 Å². The molecule has 4 aromatic carbocycles. The van der Waals surface area contributed by atoms with Crippen LogP contribution in [0, 0.1) is 52.3 Å². The van der Waals surface area contributed by atoms with Crippen molar-refractivity contribution < 1.29 is 32.0 Å². The molecule has 0 bridgehead atoms. The van der Waals surface area contributed by atoms with Crippen LogP contribution in [-0.4, -0.2) is 32.3 Å². The molecule has 0 spiro atoms. The molecule has 0 saturated heterocycles. The molecule has 5 aromatic rings. The number of ether oxygens (including phenoxy) is 2. The molecule has 0 amide bonds. The summed E-state index contributed by atoms with van der Waals surface area (Å²) in [5, 5.41) is 1.97. The van der Waals surface area contributed by atoms with E-state index < -0.39 is 8.24 Å². The molecule has 0 N–H and O–H groups in total. The van der Waals surface area contributed by atoms with Crippen molar-refractivity contribution in [2.45, 2.75) is 91.1 Å². The molecule has 4 aliphatic carbocycles. The van der Waals surface area contributed by atoms with E-state index in [1.165, 1.54) is 20.6 Å². The molecule has 1 heterocycles. The summed E-state index contributed by atoms with van der Waals surface area (Å²) in [6.07, 6.45) is 9.39. The fourth-order valence-corrected chi connectivity index (χ4v) is 14.4. The normalized spacial score (nSPS) is 30.5. The number of rotatable bonds is 9. The van der Waals surface area contributed by atoms with Crippen LogP contribution in [0.2, 0.25) is 0 Å². The van der Waals surface area contributed by atoms with Gasteiger partial charge in [-0.1, -0.05) is 118 Å². The highest BCUT2D eigenvalue weighted by molar-refractivity contribution is 7.31. The molecule has 10 atom stereocenters. The van der Waals surface area contributed by atoms with Crippen LogP contribution in [0.4, 0.5) is 0 Å². The van der Waals surface area contributed by atoms with Gasteiger partial charge in [0.2, 0.25) is 0 Å². The van der Waals surface area contributed by atoms with E-state index >= 15 is 0 Å². The first-order chi connectivity index (χ1) is 28.6. The monoisotopic (exact) mass is 814 g/mol. The molecule has 59 heavy (non-hydrogen) atoms. The molecule has 4 saturated carbocycles. The molecule has 4 fully saturated rings. The number of hydrogen-bond donors (Lipinski definition) is 0. The molecule has 0 unspecified atom stereocenters. The Morgan fingerprint density at radius 1 is 0.729 bits per heavy atom. The van der Waals surface area contributed by atoms with Crippen molar-refractivity contribution in [1.82, 2.24) is 0 Å². The zero-order valence-electron chi connectivity index (χ0n) is 35.2. The molecule has 1 aromatic heterocycles. The lowest BCUT2D eigenvalue weighted by molar-refractivity contribution is -0.167. The van der Waals surface area contributed by atoms with Gasteiger partial charge in [0.1, 0.15) is 0 Å². The molecular formula is C51H59O7P. The number of hydrogen-bond acceptors (Lipinski definition) is 7. The van der Waals surface area contributed by atoms with Gasteiger partial charge in [0, 0.05) is 33.7 Å². The molecule has 0 radical (unpaired) electrons. The van der Waals surface area contributed by atoms with Crippen molar-refractivity contribution in [3.05, 3.63) is 97.1 Å². The zero-order chi connectivity index (χ0) is 40.9. The van der Waals surface area contributed by atoms with Gasteiger partial charge in [-0.15, -0.1) is 0 Å². The number of fused-ring (bicyclic) bond motifs is 8. The van der Waals surface area contributed by atoms with Crippen molar-refractivity contribution in [2.75, 3.05) is 14.2 Å². The van der Waals surface area contributed by atoms with E-state index in [-0.39, 0.29) is 34.8 Å². The quantitative estimate of drug-likeness (QED) is 0.137. The van der Waals surface area contributed by atoms with Crippen molar-refractivity contribution >= 4 is 42.1 Å². The second kappa shape index (κ2) is 16.3. The summed E-state index contributed by atoms with van der Waals surface area (Å²) in [4.78, 5) is 25.3. The van der Waals surface area contributed by atoms with E-state index in [1.807, 2.05) is 12.1 Å². The van der Waals surface area contributed by atoms with Gasteiger partial charge in [-0.25, -0.2) is 0 Å². The Hall–Kier alpha value is -4.32. The minimum atomic E-state index is -1.94. The summed E-state index contributed by atoms with van der Waals surface area (Å²) in [5.41, 5.74) is 5.68. The first-order valence-corrected chi connectivity index (χ1v) is 23.1. The van der Waals surface area contributed by atoms with Crippen LogP contribution in [0.5, 0.6) is 0 Å². The lowest BCUT2D eigenvalue weighted by Gasteiger charge is -2.62. The summed E-state index contributed by atoms with van der Waals surface area (Å²) < 4.78 is 32.5. The van der Waals surface area contributed by atoms with E-state index in [0.29, 0.717) is 41.9 Å². The number of carbonyl (C=O) groups excluding carboxylic acids is 2. The maximum Gasteiger partial charge on any atom is 0.387 e. The molecule has 9 rings (SSSR count). The largest absolute Gasteiger partial charge is 0.469 e. The van der Waals surface area contributed by atoms with Crippen LogP contribution in [-0.2, 0) is 19.1 Å². The summed E-state index contributed by atoms with van der Waals surface area (Å²) in [7, 11) is 1.08. The maximum atomic E-state index is 12.8. The number of esters is 2. The summed E-state index contributed by atoms with van der Waals surface area (Å²) in [6.45, 7) is 7.38. The van der Waals surface area contributed by atoms with Crippen LogP contribution in [0.3, 0.4) is 0 Å². The molecular weight excluding hydrogens is 756 g/mol. The first-order valence-electron chi connectivity index (χ1n) is 22.0. The average molecular weight is 815 g/mol. The first kappa shape index (κ1) is 40.1. The van der Waals surface area contributed by atoms with Gasteiger partial charge in [-0.2, -0.15) is 0 Å². The highest BCUT2D eigenvalue weighted by Crippen LogP contribution is 2.69. The fourth-order valence-electron chi connectivity index (χ4n) is 13.0. The standard InChI is InChI=1S/C51H59O7P/c1-32(22-27-46(52)54-4)42-25-26-43-41-24-23-36-30-35(49(53)55-5)28-29-50(36,2)44(41)31-45(51(42,43)3)56-59-57-47-37(33-14-8-6-9-15-33)18-12-20-39(47)40-21-13-19-38(48(40)58-59)34-16-10-7-11-17-34/h6-21,32,35-36,41-45H,22-31H2,1-5H3/t32-,35-,36-,41+,42-,43+,44+,45+,50+,51-/m1/s1. The lowest BCUT2D eigenvalue weighted by Crippen LogP contribution is -2.60. The summed E-state index contributed by atoms with van der Waals surface area (Å²) >= 11 is 0. The van der Waals surface area contributed by atoms with Gasteiger partial charge in [-0.05, 0) is 110 Å². The Labute approximate surface area is 349 Å². The van der Waals surface area contributed by atoms with Crippen molar-refractivity contribution in [2.24, 2.45) is 52.3 Å². The highest BCUT2D eigenvalue weighted by Gasteiger charge is 2.65. The van der Waals surface area contributed by atoms with Gasteiger partial charge < -0.3 is 17.9 Å². The molecule has 0 aliphatic heterocycles. The van der Waals surface area contributed by atoms with Gasteiger partial charge in [0.05, 0.1) is 26.2 Å². The third-order valence-corrected chi connectivity index (χ3v) is 17.2. The third-order valence-electron chi connectivity index (χ3n) is 16.1. The smallest absolute Gasteiger partial charge is 0.387 e. The molecule has 4 aliphatic rings. The van der Waals surface area contributed by atoms with Crippen molar-refractivity contribution in [1.29, 1.82) is 0 Å². The summed E-state index contributed by atoms with van der Waals surface area (Å²) in [5.74, 6) is 2.43. The van der Waals surface area contributed by atoms with Crippen LogP contribution in [0.1, 0.15) is 85.0 Å². The van der Waals surface area contributed by atoms with E-state index in [0.717, 1.165) is 95.6 Å². The second-order valence-corrected chi connectivity index (χ2v) is 19.6. The van der Waals surface area contributed by atoms with Crippen LogP contribution < -0.4 is 4.52 Å². The van der Waals surface area contributed by atoms with Crippen molar-refractivity contribution in [3.63, 3.8) is 0 Å². The summed E-state index contributed by atoms with van der Waals surface area (Å²) in [6, 6.07) is 33.7. The Morgan fingerprint density at radius 2 is 1.36 bits per heavy atom. The molecule has 8 heteroatoms. The lowest BCUT2D eigenvalue weighted by atomic mass is 9.43. The van der Waals surface area contributed by atoms with E-state index in [4.69, 9.17) is 22.4 Å². The zero-order valence-corrected chi connectivity index (χ0v) is 36.1. The van der Waals surface area contributed by atoms with Gasteiger partial charge >= 0.3 is 20.2 Å². The number of benzene rings is 4. The molecule has 310 valence electrons. The number of methoxy groups -OCH3 is 2. The van der Waals surface area contributed by atoms with E-state index in [9.17, 15) is 9.59 Å². The highest BCUT2D eigenvalue weighted by atomic mass is 31.1. The SMILES string of the molecule is COC(=O)CC[C@@H](C)[C@H]1CC[C@H]2[C@@H]3CC[C@@H]4C[C@H](C(=O)OC)CC[C@]4(C)[C@H]3C[C@H](Op3oc4c(-c5ccccc5)cccc4c4cccc(-c5ccccc5)c4o3)[C@]12C. The Bertz CT molecular complexity index is 2260. The topological polar surface area (TPSA) is 88.1 Å². The van der Waals surface area contributed by atoms with Crippen LogP contribution in [0.25, 0.3) is 44.2 Å². The minimum absolute atomic E-state index is 0.0175. The fraction of sp³-hybridized carbons (Fsp3) is 0.490. The number of carbonyl (C=O) groups is 2. The van der Waals surface area contributed by atoms with Gasteiger partial charge in [0.25, 0.3) is 0 Å². The predicted octanol–water partition coefficient (Wildman–Crippen LogP) is 13.1. The van der Waals surface area contributed by atoms with E-state index in [1.54, 1.807) is 0 Å². The maximum absolute atomic E-state index is 12.8. The average Bonchev–Trinajstić information content (AvgIpc) is 3.55. The Kier molecular flexibility index (Phi) is 11.1. The molecule has 7 nitrogen and oxygen atoms in total. The van der Waals surface area contributed by atoms with Gasteiger partial charge in [0.15, 0.2) is 11.2 Å². The minimum Gasteiger partial charge on any atom is -0.469 e. The Morgan fingerprint density at radius 3 is 1.95 bits per heavy atom. The predicted molar refractivity (Wildman–Crippen MR) is 234 cm³/mol. The van der Waals surface area contributed by atoms with Crippen LogP contribution >= 0.6 is 8.24 Å². The van der Waals surface area contributed by atoms with E-state index in [2.05, 4.69) is 106 Å². The number of para-hydroxylation sites is 2. The van der Waals surface area contributed by atoms with Crippen LogP contribution in [0.15, 0.2) is 105 Å².